The number of halogens is 1. The van der Waals surface area contributed by atoms with Gasteiger partial charge in [0.15, 0.2) is 5.65 Å². The van der Waals surface area contributed by atoms with Crippen LogP contribution >= 0.6 is 11.6 Å². The summed E-state index contributed by atoms with van der Waals surface area (Å²) in [6.45, 7) is 10.3. The molecule has 38 heavy (non-hydrogen) atoms. The number of hydrogen-bond donors (Lipinski definition) is 3. The zero-order valence-electron chi connectivity index (χ0n) is 23.2. The van der Waals surface area contributed by atoms with Crippen LogP contribution in [0.2, 0.25) is 5.02 Å². The van der Waals surface area contributed by atoms with Crippen LogP contribution in [0.15, 0.2) is 30.7 Å². The number of hydrogen-bond acceptors (Lipinski definition) is 6. The van der Waals surface area contributed by atoms with Crippen LogP contribution in [0, 0.1) is 0 Å². The molecule has 4 aromatic rings. The van der Waals surface area contributed by atoms with Crippen molar-refractivity contribution >= 4 is 45.4 Å². The van der Waals surface area contributed by atoms with E-state index >= 15 is 0 Å². The third-order valence-corrected chi connectivity index (χ3v) is 7.17. The Kier molecular flexibility index (Phi) is 8.28. The van der Waals surface area contributed by atoms with E-state index in [2.05, 4.69) is 41.2 Å². The van der Waals surface area contributed by atoms with E-state index in [4.69, 9.17) is 27.3 Å². The molecule has 204 valence electrons. The lowest BCUT2D eigenvalue weighted by Gasteiger charge is -2.30. The molecule has 1 amide bonds. The summed E-state index contributed by atoms with van der Waals surface area (Å²) < 4.78 is 1.62. The van der Waals surface area contributed by atoms with Crippen molar-refractivity contribution in [2.24, 2.45) is 5.73 Å². The Balaban J connectivity index is 1.60. The van der Waals surface area contributed by atoms with Gasteiger partial charge in [0.2, 0.25) is 5.91 Å². The number of fused-ring (bicyclic) bond motifs is 2. The first-order valence-corrected chi connectivity index (χ1v) is 13.7. The fourth-order valence-corrected chi connectivity index (χ4v) is 5.20. The van der Waals surface area contributed by atoms with Gasteiger partial charge in [0.1, 0.15) is 17.9 Å². The maximum atomic E-state index is 12.4. The van der Waals surface area contributed by atoms with Gasteiger partial charge in [-0.05, 0) is 46.1 Å². The maximum absolute atomic E-state index is 12.4. The summed E-state index contributed by atoms with van der Waals surface area (Å²) in [4.78, 5) is 27.5. The molecular formula is C28H39ClN8O. The summed E-state index contributed by atoms with van der Waals surface area (Å²) in [7, 11) is 2.05. The van der Waals surface area contributed by atoms with E-state index in [1.807, 2.05) is 51.5 Å². The van der Waals surface area contributed by atoms with Gasteiger partial charge in [0, 0.05) is 53.6 Å². The Labute approximate surface area is 229 Å². The maximum Gasteiger partial charge on any atom is 0.242 e. The number of nitrogens with one attached hydrogen (secondary N) is 2. The molecule has 0 saturated carbocycles. The molecule has 3 aromatic heterocycles. The van der Waals surface area contributed by atoms with Gasteiger partial charge >= 0.3 is 0 Å². The number of nitrogens with zero attached hydrogens (tertiary/aromatic N) is 5. The minimum atomic E-state index is -0.307. The second kappa shape index (κ2) is 11.3. The molecule has 0 fully saturated rings. The van der Waals surface area contributed by atoms with Gasteiger partial charge in [-0.15, -0.1) is 0 Å². The van der Waals surface area contributed by atoms with E-state index in [0.29, 0.717) is 10.7 Å². The molecule has 0 aliphatic carbocycles. The normalized spacial score (nSPS) is 13.7. The summed E-state index contributed by atoms with van der Waals surface area (Å²) in [5.41, 5.74) is 9.89. The first-order chi connectivity index (χ1) is 18.0. The number of benzene rings is 1. The molecule has 3 heterocycles. The molecule has 0 aliphatic heterocycles. The van der Waals surface area contributed by atoms with Crippen LogP contribution in [-0.4, -0.2) is 55.3 Å². The Morgan fingerprint density at radius 3 is 2.71 bits per heavy atom. The van der Waals surface area contributed by atoms with Crippen molar-refractivity contribution in [3.05, 3.63) is 35.7 Å². The minimum absolute atomic E-state index is 0.105. The van der Waals surface area contributed by atoms with Crippen molar-refractivity contribution in [1.29, 1.82) is 0 Å². The van der Waals surface area contributed by atoms with Gasteiger partial charge < -0.3 is 20.9 Å². The number of aromatic nitrogens is 5. The van der Waals surface area contributed by atoms with Crippen LogP contribution in [0.3, 0.4) is 0 Å². The van der Waals surface area contributed by atoms with Crippen LogP contribution in [-0.2, 0) is 11.3 Å². The Bertz CT molecular complexity index is 1420. The van der Waals surface area contributed by atoms with E-state index in [1.54, 1.807) is 4.68 Å². The predicted octanol–water partition coefficient (Wildman–Crippen LogP) is 5.28. The lowest BCUT2D eigenvalue weighted by molar-refractivity contribution is -0.123. The number of carbonyl (C=O) groups excluding carboxylic acids is 1. The zero-order chi connectivity index (χ0) is 27.6. The number of aromatic amines is 1. The van der Waals surface area contributed by atoms with Gasteiger partial charge in [-0.1, -0.05) is 37.9 Å². The standard InChI is InChI=1S/C28H39ClN8O/c1-7-9-17(30)12-18(8-2)36(6)23-14-31-26-20(13-32-27(26)33-23)19-10-11-22-21(25(19)29)15-37(35-22)16-24(38)34-28(3,4)5/h10-11,13-15,17-18H,7-9,12,16,30H2,1-6H3,(H,32,33)(H,34,38)/t17-,18-/m1/s1. The number of anilines is 1. The monoisotopic (exact) mass is 538 g/mol. The van der Waals surface area contributed by atoms with Gasteiger partial charge in [0.25, 0.3) is 0 Å². The Morgan fingerprint density at radius 1 is 1.26 bits per heavy atom. The molecule has 4 rings (SSSR count). The van der Waals surface area contributed by atoms with Gasteiger partial charge in [-0.3, -0.25) is 9.48 Å². The summed E-state index contributed by atoms with van der Waals surface area (Å²) in [5.74, 6) is 0.699. The van der Waals surface area contributed by atoms with E-state index in [9.17, 15) is 4.79 Å². The molecule has 1 aromatic carbocycles. The molecule has 0 aliphatic rings. The molecule has 10 heteroatoms. The zero-order valence-corrected chi connectivity index (χ0v) is 23.9. The quantitative estimate of drug-likeness (QED) is 0.253. The predicted molar refractivity (Wildman–Crippen MR) is 156 cm³/mol. The first kappa shape index (κ1) is 27.9. The number of nitrogens with two attached hydrogens (primary N) is 1. The van der Waals surface area contributed by atoms with E-state index in [0.717, 1.165) is 59.0 Å². The Hall–Kier alpha value is -3.17. The summed E-state index contributed by atoms with van der Waals surface area (Å²) in [6, 6.07) is 4.31. The second-order valence-electron chi connectivity index (χ2n) is 11.1. The van der Waals surface area contributed by atoms with Crippen LogP contribution in [0.1, 0.15) is 60.3 Å². The number of amides is 1. The van der Waals surface area contributed by atoms with Crippen molar-refractivity contribution in [2.45, 2.75) is 84.5 Å². The first-order valence-electron chi connectivity index (χ1n) is 13.3. The summed E-state index contributed by atoms with van der Waals surface area (Å²) >= 11 is 6.87. The molecule has 4 N–H and O–H groups in total. The van der Waals surface area contributed by atoms with Crippen molar-refractivity contribution in [2.75, 3.05) is 11.9 Å². The molecule has 0 bridgehead atoms. The SMILES string of the molecule is CCC[C@@H](N)C[C@@H](CC)N(C)c1cnc2c(-c3ccc4nn(CC(=O)NC(C)(C)C)cc4c3Cl)c[nH]c2n1. The fraction of sp³-hybridized carbons (Fsp3) is 0.500. The Morgan fingerprint density at radius 2 is 2.03 bits per heavy atom. The highest BCUT2D eigenvalue weighted by Crippen LogP contribution is 2.37. The highest BCUT2D eigenvalue weighted by atomic mass is 35.5. The smallest absolute Gasteiger partial charge is 0.242 e. The van der Waals surface area contributed by atoms with E-state index in [1.165, 1.54) is 0 Å². The van der Waals surface area contributed by atoms with Gasteiger partial charge in [-0.25, -0.2) is 9.97 Å². The topological polar surface area (TPSA) is 118 Å². The second-order valence-corrected chi connectivity index (χ2v) is 11.4. The van der Waals surface area contributed by atoms with E-state index < -0.39 is 0 Å². The van der Waals surface area contributed by atoms with Crippen molar-refractivity contribution in [3.8, 4) is 11.1 Å². The molecule has 0 radical (unpaired) electrons. The highest BCUT2D eigenvalue weighted by Gasteiger charge is 2.21. The van der Waals surface area contributed by atoms with Crippen LogP contribution in [0.4, 0.5) is 5.82 Å². The lowest BCUT2D eigenvalue weighted by atomic mass is 10.0. The van der Waals surface area contributed by atoms with Crippen molar-refractivity contribution in [3.63, 3.8) is 0 Å². The van der Waals surface area contributed by atoms with Gasteiger partial charge in [0.05, 0.1) is 16.7 Å². The van der Waals surface area contributed by atoms with E-state index in [-0.39, 0.29) is 30.1 Å². The molecule has 2 atom stereocenters. The third-order valence-electron chi connectivity index (χ3n) is 6.76. The van der Waals surface area contributed by atoms with Crippen LogP contribution < -0.4 is 16.0 Å². The average Bonchev–Trinajstić information content (AvgIpc) is 3.45. The molecular weight excluding hydrogens is 500 g/mol. The molecule has 0 spiro atoms. The fourth-order valence-electron chi connectivity index (χ4n) is 4.89. The number of carbonyl (C=O) groups is 1. The summed E-state index contributed by atoms with van der Waals surface area (Å²) in [5, 5.41) is 8.83. The van der Waals surface area contributed by atoms with Crippen molar-refractivity contribution < 1.29 is 4.79 Å². The molecule has 9 nitrogen and oxygen atoms in total. The van der Waals surface area contributed by atoms with Crippen LogP contribution in [0.5, 0.6) is 0 Å². The van der Waals surface area contributed by atoms with Gasteiger partial charge in [-0.2, -0.15) is 5.10 Å². The number of H-pyrrole nitrogens is 1. The molecule has 0 saturated heterocycles. The highest BCUT2D eigenvalue weighted by molar-refractivity contribution is 6.38. The van der Waals surface area contributed by atoms with Crippen LogP contribution in [0.25, 0.3) is 33.2 Å². The average molecular weight is 539 g/mol. The third kappa shape index (κ3) is 6.10. The molecule has 0 unspecified atom stereocenters. The minimum Gasteiger partial charge on any atom is -0.355 e. The largest absolute Gasteiger partial charge is 0.355 e. The summed E-state index contributed by atoms with van der Waals surface area (Å²) in [6.07, 6.45) is 9.50. The van der Waals surface area contributed by atoms with Crippen molar-refractivity contribution in [1.82, 2.24) is 30.0 Å². The number of rotatable bonds is 10. The lowest BCUT2D eigenvalue weighted by Crippen LogP contribution is -2.42.